The van der Waals surface area contributed by atoms with Gasteiger partial charge in [0.05, 0.1) is 23.4 Å². The number of imidazole rings is 1. The van der Waals surface area contributed by atoms with Crippen LogP contribution < -0.4 is 5.32 Å². The third-order valence-electron chi connectivity index (χ3n) is 5.29. The highest BCUT2D eigenvalue weighted by molar-refractivity contribution is 5.82. The second-order valence-electron chi connectivity index (χ2n) is 6.72. The van der Waals surface area contributed by atoms with E-state index in [4.69, 9.17) is 4.98 Å². The lowest BCUT2D eigenvalue weighted by molar-refractivity contribution is 0.454. The molecule has 0 atom stereocenters. The first-order chi connectivity index (χ1) is 11.9. The second-order valence-corrected chi connectivity index (χ2v) is 6.72. The van der Waals surface area contributed by atoms with Crippen LogP contribution in [0.25, 0.3) is 16.8 Å². The Bertz CT molecular complexity index is 890. The van der Waals surface area contributed by atoms with Crippen molar-refractivity contribution in [2.45, 2.75) is 25.2 Å². The molecule has 1 aliphatic heterocycles. The lowest BCUT2D eigenvalue weighted by Gasteiger charge is -2.20. The van der Waals surface area contributed by atoms with Crippen LogP contribution >= 0.6 is 0 Å². The van der Waals surface area contributed by atoms with Gasteiger partial charge in [0.1, 0.15) is 0 Å². The van der Waals surface area contributed by atoms with E-state index in [-0.39, 0.29) is 0 Å². The lowest BCUT2D eigenvalue weighted by atomic mass is 9.95. The molecule has 1 aliphatic carbocycles. The highest BCUT2D eigenvalue weighted by Crippen LogP contribution is 2.39. The lowest BCUT2D eigenvalue weighted by Crippen LogP contribution is -2.26. The Hall–Kier alpha value is -2.46. The van der Waals surface area contributed by atoms with Gasteiger partial charge in [0, 0.05) is 30.3 Å². The molecule has 0 bridgehead atoms. The molecular weight excluding hydrogens is 296 g/mol. The third-order valence-corrected chi connectivity index (χ3v) is 5.29. The number of benzene rings is 1. The summed E-state index contributed by atoms with van der Waals surface area (Å²) in [4.78, 5) is 9.33. The summed E-state index contributed by atoms with van der Waals surface area (Å²) in [5, 5.41) is 3.43. The van der Waals surface area contributed by atoms with Crippen molar-refractivity contribution in [3.05, 3.63) is 66.0 Å². The molecule has 1 N–H and O–H groups in total. The van der Waals surface area contributed by atoms with Crippen molar-refractivity contribution >= 4 is 0 Å². The van der Waals surface area contributed by atoms with Gasteiger partial charge in [-0.1, -0.05) is 24.3 Å². The molecule has 2 aromatic heterocycles. The van der Waals surface area contributed by atoms with E-state index in [1.807, 2.05) is 12.5 Å². The van der Waals surface area contributed by atoms with Crippen molar-refractivity contribution < 1.29 is 0 Å². The van der Waals surface area contributed by atoms with E-state index in [0.29, 0.717) is 5.92 Å². The number of nitrogens with zero attached hydrogens (tertiary/aromatic N) is 3. The van der Waals surface area contributed by atoms with E-state index >= 15 is 0 Å². The Kier molecular flexibility index (Phi) is 3.23. The van der Waals surface area contributed by atoms with Crippen molar-refractivity contribution in [1.29, 1.82) is 0 Å². The molecule has 24 heavy (non-hydrogen) atoms. The van der Waals surface area contributed by atoms with Crippen molar-refractivity contribution in [1.82, 2.24) is 19.9 Å². The summed E-state index contributed by atoms with van der Waals surface area (Å²) >= 11 is 0. The van der Waals surface area contributed by atoms with Crippen molar-refractivity contribution in [3.63, 3.8) is 0 Å². The summed E-state index contributed by atoms with van der Waals surface area (Å²) in [6.07, 6.45) is 9.38. The van der Waals surface area contributed by atoms with Crippen LogP contribution in [-0.2, 0) is 6.42 Å². The molecule has 0 radical (unpaired) electrons. The van der Waals surface area contributed by atoms with Crippen molar-refractivity contribution in [3.8, 4) is 16.8 Å². The first-order valence-electron chi connectivity index (χ1n) is 8.71. The number of hydrogen-bond acceptors (Lipinski definition) is 3. The maximum absolute atomic E-state index is 4.71. The predicted molar refractivity (Wildman–Crippen MR) is 94.4 cm³/mol. The van der Waals surface area contributed by atoms with Gasteiger partial charge < -0.3 is 9.88 Å². The molecule has 1 fully saturated rings. The number of piperidine rings is 1. The fourth-order valence-electron chi connectivity index (χ4n) is 4.03. The highest BCUT2D eigenvalue weighted by atomic mass is 15.0. The molecule has 3 aromatic rings. The molecule has 2 aliphatic rings. The summed E-state index contributed by atoms with van der Waals surface area (Å²) in [5.41, 5.74) is 7.53. The van der Waals surface area contributed by atoms with Gasteiger partial charge in [-0.25, -0.2) is 4.98 Å². The zero-order valence-electron chi connectivity index (χ0n) is 13.6. The average Bonchev–Trinajstić information content (AvgIpc) is 3.27. The average molecular weight is 316 g/mol. The van der Waals surface area contributed by atoms with E-state index in [2.05, 4.69) is 51.4 Å². The van der Waals surface area contributed by atoms with Gasteiger partial charge in [-0.15, -0.1) is 0 Å². The molecule has 120 valence electrons. The van der Waals surface area contributed by atoms with Gasteiger partial charge in [-0.2, -0.15) is 0 Å². The number of hydrogen-bond donors (Lipinski definition) is 1. The van der Waals surface area contributed by atoms with Crippen LogP contribution in [0.5, 0.6) is 0 Å². The molecule has 5 rings (SSSR count). The standard InChI is InChI=1S/C20H20N4/c1-2-4-16-15(3-1)11-17-20(16)19(7-10-22-17)24-12-18(23-13-24)14-5-8-21-9-6-14/h1-4,7,10,12-14,21H,5-6,8-9,11H2. The monoisotopic (exact) mass is 316 g/mol. The van der Waals surface area contributed by atoms with E-state index in [1.54, 1.807) is 0 Å². The molecule has 1 saturated heterocycles. The van der Waals surface area contributed by atoms with E-state index in [0.717, 1.165) is 19.5 Å². The Morgan fingerprint density at radius 3 is 2.83 bits per heavy atom. The summed E-state index contributed by atoms with van der Waals surface area (Å²) in [6, 6.07) is 10.7. The smallest absolute Gasteiger partial charge is 0.0995 e. The fraction of sp³-hybridized carbons (Fsp3) is 0.300. The summed E-state index contributed by atoms with van der Waals surface area (Å²) in [6.45, 7) is 2.19. The minimum absolute atomic E-state index is 0.578. The number of pyridine rings is 1. The van der Waals surface area contributed by atoms with Crippen molar-refractivity contribution in [2.24, 2.45) is 0 Å². The molecule has 3 heterocycles. The number of rotatable bonds is 2. The molecule has 0 unspecified atom stereocenters. The van der Waals surface area contributed by atoms with Crippen molar-refractivity contribution in [2.75, 3.05) is 13.1 Å². The molecule has 1 aromatic carbocycles. The Balaban J connectivity index is 1.58. The van der Waals surface area contributed by atoms with E-state index in [1.165, 1.54) is 46.6 Å². The number of aromatic nitrogens is 3. The zero-order chi connectivity index (χ0) is 15.9. The van der Waals surface area contributed by atoms with Crippen LogP contribution in [0.15, 0.2) is 49.1 Å². The number of nitrogens with one attached hydrogen (secondary N) is 1. The van der Waals surface area contributed by atoms with Crippen LogP contribution in [0, 0.1) is 0 Å². The Morgan fingerprint density at radius 1 is 1.04 bits per heavy atom. The first kappa shape index (κ1) is 13.9. The minimum atomic E-state index is 0.578. The Labute approximate surface area is 141 Å². The molecular formula is C20H20N4. The SMILES string of the molecule is c1ccc2c(c1)Cc1nccc(-n3cnc(C4CCNCC4)c3)c1-2. The van der Waals surface area contributed by atoms with Gasteiger partial charge in [0.15, 0.2) is 0 Å². The second kappa shape index (κ2) is 5.56. The number of fused-ring (bicyclic) bond motifs is 3. The largest absolute Gasteiger partial charge is 0.317 e. The highest BCUT2D eigenvalue weighted by Gasteiger charge is 2.24. The normalized spacial score (nSPS) is 16.8. The van der Waals surface area contributed by atoms with E-state index in [9.17, 15) is 0 Å². The van der Waals surface area contributed by atoms with Crippen LogP contribution in [0.2, 0.25) is 0 Å². The molecule has 0 spiro atoms. The summed E-state index contributed by atoms with van der Waals surface area (Å²) < 4.78 is 2.18. The maximum Gasteiger partial charge on any atom is 0.0995 e. The molecule has 4 heteroatoms. The minimum Gasteiger partial charge on any atom is -0.317 e. The van der Waals surface area contributed by atoms with Crippen LogP contribution in [0.4, 0.5) is 0 Å². The van der Waals surface area contributed by atoms with Gasteiger partial charge in [0.2, 0.25) is 0 Å². The zero-order valence-corrected chi connectivity index (χ0v) is 13.6. The summed E-state index contributed by atoms with van der Waals surface area (Å²) in [5.74, 6) is 0.578. The van der Waals surface area contributed by atoms with Gasteiger partial charge in [-0.05, 0) is 43.1 Å². The predicted octanol–water partition coefficient (Wildman–Crippen LogP) is 3.31. The molecule has 4 nitrogen and oxygen atoms in total. The first-order valence-corrected chi connectivity index (χ1v) is 8.71. The van der Waals surface area contributed by atoms with Crippen LogP contribution in [-0.4, -0.2) is 27.6 Å². The topological polar surface area (TPSA) is 42.7 Å². The van der Waals surface area contributed by atoms with Gasteiger partial charge >= 0.3 is 0 Å². The van der Waals surface area contributed by atoms with Gasteiger partial charge in [0.25, 0.3) is 0 Å². The van der Waals surface area contributed by atoms with E-state index < -0.39 is 0 Å². The Morgan fingerprint density at radius 2 is 1.92 bits per heavy atom. The van der Waals surface area contributed by atoms with Gasteiger partial charge in [-0.3, -0.25) is 4.98 Å². The maximum atomic E-state index is 4.71. The summed E-state index contributed by atoms with van der Waals surface area (Å²) in [7, 11) is 0. The molecule has 0 amide bonds. The van der Waals surface area contributed by atoms with Crippen LogP contribution in [0.1, 0.15) is 35.7 Å². The quantitative estimate of drug-likeness (QED) is 0.617. The van der Waals surface area contributed by atoms with Crippen LogP contribution in [0.3, 0.4) is 0 Å². The fourth-order valence-corrected chi connectivity index (χ4v) is 4.03. The third kappa shape index (κ3) is 2.18. The molecule has 0 saturated carbocycles.